The van der Waals surface area contributed by atoms with Crippen molar-refractivity contribution in [3.63, 3.8) is 0 Å². The molecule has 17 heteroatoms. The van der Waals surface area contributed by atoms with Crippen LogP contribution in [-0.2, 0) is 18.2 Å². The number of ether oxygens (including phenoxy) is 1. The monoisotopic (exact) mass is 418 g/mol. The van der Waals surface area contributed by atoms with E-state index >= 15 is 0 Å². The summed E-state index contributed by atoms with van der Waals surface area (Å²) in [5.74, 6) is -0.624. The van der Waals surface area contributed by atoms with Crippen LogP contribution in [0.2, 0.25) is 0 Å². The van der Waals surface area contributed by atoms with Gasteiger partial charge >= 0.3 is 21.3 Å². The van der Waals surface area contributed by atoms with E-state index in [1.165, 1.54) is 0 Å². The van der Waals surface area contributed by atoms with E-state index in [0.717, 1.165) is 6.20 Å². The van der Waals surface area contributed by atoms with Crippen LogP contribution in [0.15, 0.2) is 11.0 Å². The Balaban J connectivity index is 2.37. The largest absolute Gasteiger partial charge is 0.478 e. The number of aliphatic hydroxyl groups is 3. The number of rotatable bonds is 6. The van der Waals surface area contributed by atoms with Crippen LogP contribution in [0.1, 0.15) is 6.23 Å². The van der Waals surface area contributed by atoms with Gasteiger partial charge in [0.05, 0.1) is 6.61 Å². The maximum atomic E-state index is 11.9. The summed E-state index contributed by atoms with van der Waals surface area (Å²) in [6, 6.07) is 0. The summed E-state index contributed by atoms with van der Waals surface area (Å²) < 4.78 is 31.8. The molecular weight excluding hydrogens is 402 g/mol. The highest BCUT2D eigenvalue weighted by atomic mass is 31.3. The number of nitrogens with one attached hydrogen (secondary N) is 1. The van der Waals surface area contributed by atoms with Gasteiger partial charge in [-0.05, 0) is 0 Å². The lowest BCUT2D eigenvalue weighted by molar-refractivity contribution is -0.0548. The minimum absolute atomic E-state index is 0.554. The van der Waals surface area contributed by atoms with Gasteiger partial charge in [0, 0.05) is 6.20 Å². The van der Waals surface area contributed by atoms with Crippen molar-refractivity contribution in [3.8, 4) is 0 Å². The Morgan fingerprint density at radius 1 is 1.31 bits per heavy atom. The number of nitrogen functional groups attached to an aromatic ring is 1. The van der Waals surface area contributed by atoms with Gasteiger partial charge < -0.3 is 40.5 Å². The van der Waals surface area contributed by atoms with Crippen molar-refractivity contribution < 1.29 is 48.2 Å². The summed E-state index contributed by atoms with van der Waals surface area (Å²) in [6.45, 7) is -0.668. The third-order valence-corrected chi connectivity index (χ3v) is 5.51. The quantitative estimate of drug-likeness (QED) is 0.215. The van der Waals surface area contributed by atoms with Gasteiger partial charge in [-0.3, -0.25) is 9.65 Å². The Kier molecular flexibility index (Phi) is 5.90. The number of aliphatic hydroxyl groups excluding tert-OH is 3. The van der Waals surface area contributed by atoms with Crippen LogP contribution >= 0.6 is 15.6 Å². The average Bonchev–Trinajstić information content (AvgIpc) is 2.75. The highest BCUT2D eigenvalue weighted by Gasteiger charge is 2.44. The molecule has 148 valence electrons. The first-order valence-corrected chi connectivity index (χ1v) is 9.84. The molecule has 1 saturated heterocycles. The topological polar surface area (TPSA) is 247 Å². The molecule has 1 unspecified atom stereocenters. The summed E-state index contributed by atoms with van der Waals surface area (Å²) in [7, 11) is -10.5. The number of aromatic nitrogens is 2. The van der Waals surface area contributed by atoms with E-state index in [0.29, 0.717) is 4.57 Å². The van der Waals surface area contributed by atoms with Gasteiger partial charge in [-0.15, -0.1) is 0 Å². The van der Waals surface area contributed by atoms with Crippen molar-refractivity contribution in [1.82, 2.24) is 9.55 Å². The molecule has 9 N–H and O–H groups in total. The Morgan fingerprint density at radius 3 is 2.42 bits per heavy atom. The highest BCUT2D eigenvalue weighted by Crippen LogP contribution is 2.56. The number of anilines is 2. The van der Waals surface area contributed by atoms with E-state index in [-0.39, 0.29) is 0 Å². The minimum Gasteiger partial charge on any atom is -0.394 e. The Bertz CT molecular complexity index is 824. The zero-order valence-electron chi connectivity index (χ0n) is 12.7. The second kappa shape index (κ2) is 7.32. The average molecular weight is 418 g/mol. The zero-order chi connectivity index (χ0) is 19.9. The lowest BCUT2D eigenvalue weighted by Gasteiger charge is -2.20. The molecule has 26 heavy (non-hydrogen) atoms. The molecule has 0 amide bonds. The standard InChI is InChI=1S/C9H16N4O11P2/c10-7-3(12-25(18,19)24-26(20,21)22)1-13(9(17)11-7)8-6(16)5(15)4(2-14)23-8/h1,4-6,8,14-16H,2H2,(H2,10,11,17)(H2,12,18,19)(H2,20,21,22)/t4-,5-,6-,8-/m1/s1. The number of hydrogen-bond donors (Lipinski definition) is 8. The molecule has 1 aliphatic heterocycles. The van der Waals surface area contributed by atoms with E-state index in [4.69, 9.17) is 25.4 Å². The van der Waals surface area contributed by atoms with E-state index in [2.05, 4.69) is 9.29 Å². The van der Waals surface area contributed by atoms with Crippen molar-refractivity contribution in [2.75, 3.05) is 17.4 Å². The fourth-order valence-corrected chi connectivity index (χ4v) is 3.97. The van der Waals surface area contributed by atoms with Gasteiger partial charge in [0.1, 0.15) is 24.0 Å². The van der Waals surface area contributed by atoms with E-state index in [9.17, 15) is 29.0 Å². The smallest absolute Gasteiger partial charge is 0.394 e. The third-order valence-electron chi connectivity index (χ3n) is 3.25. The maximum Gasteiger partial charge on any atom is 0.478 e. The van der Waals surface area contributed by atoms with Crippen LogP contribution < -0.4 is 16.5 Å². The normalized spacial score (nSPS) is 28.7. The van der Waals surface area contributed by atoms with E-state index in [1.54, 1.807) is 5.09 Å². The highest BCUT2D eigenvalue weighted by molar-refractivity contribution is 7.64. The fourth-order valence-electron chi connectivity index (χ4n) is 2.18. The molecule has 0 saturated carbocycles. The molecule has 1 aromatic heterocycles. The first-order valence-electron chi connectivity index (χ1n) is 6.73. The molecule has 15 nitrogen and oxygen atoms in total. The van der Waals surface area contributed by atoms with Crippen LogP contribution in [-0.4, -0.2) is 64.5 Å². The molecule has 0 spiro atoms. The van der Waals surface area contributed by atoms with Crippen molar-refractivity contribution in [2.45, 2.75) is 24.5 Å². The molecular formula is C9H16N4O11P2. The predicted molar refractivity (Wildman–Crippen MR) is 82.5 cm³/mol. The number of nitrogens with two attached hydrogens (primary N) is 1. The molecule has 2 rings (SSSR count). The van der Waals surface area contributed by atoms with Crippen LogP contribution in [0.5, 0.6) is 0 Å². The van der Waals surface area contributed by atoms with Gasteiger partial charge in [-0.1, -0.05) is 0 Å². The number of nitrogens with zero attached hydrogens (tertiary/aromatic N) is 2. The second-order valence-corrected chi connectivity index (χ2v) is 8.06. The third kappa shape index (κ3) is 4.66. The van der Waals surface area contributed by atoms with Crippen LogP contribution in [0.3, 0.4) is 0 Å². The van der Waals surface area contributed by atoms with Gasteiger partial charge in [0.15, 0.2) is 12.0 Å². The van der Waals surface area contributed by atoms with Crippen molar-refractivity contribution >= 4 is 27.1 Å². The maximum absolute atomic E-state index is 11.9. The second-order valence-electron chi connectivity index (χ2n) is 5.16. The fraction of sp³-hybridized carbons (Fsp3) is 0.556. The molecule has 0 aliphatic carbocycles. The molecule has 5 atom stereocenters. The SMILES string of the molecule is Nc1nc(=O)n([C@@H]2O[C@H](CO)[C@@H](O)[C@H]2O)cc1NP(=O)(O)OP(=O)(O)O. The van der Waals surface area contributed by atoms with Crippen molar-refractivity contribution in [3.05, 3.63) is 16.7 Å². The van der Waals surface area contributed by atoms with E-state index < -0.39 is 63.9 Å². The first-order chi connectivity index (χ1) is 11.8. The van der Waals surface area contributed by atoms with Crippen LogP contribution in [0, 0.1) is 0 Å². The van der Waals surface area contributed by atoms with Gasteiger partial charge in [0.25, 0.3) is 0 Å². The van der Waals surface area contributed by atoms with Crippen molar-refractivity contribution in [2.24, 2.45) is 0 Å². The molecule has 0 aromatic carbocycles. The van der Waals surface area contributed by atoms with Crippen LogP contribution in [0.4, 0.5) is 11.5 Å². The summed E-state index contributed by atoms with van der Waals surface area (Å²) in [5.41, 5.74) is 3.78. The lowest BCUT2D eigenvalue weighted by Crippen LogP contribution is -2.36. The van der Waals surface area contributed by atoms with Gasteiger partial charge in [-0.2, -0.15) is 9.29 Å². The van der Waals surface area contributed by atoms with Crippen LogP contribution in [0.25, 0.3) is 0 Å². The molecule has 1 aliphatic rings. The van der Waals surface area contributed by atoms with Gasteiger partial charge in [0.2, 0.25) is 0 Å². The van der Waals surface area contributed by atoms with Crippen molar-refractivity contribution in [1.29, 1.82) is 0 Å². The Hall–Kier alpha value is -1.38. The molecule has 0 bridgehead atoms. The summed E-state index contributed by atoms with van der Waals surface area (Å²) in [5, 5.41) is 30.4. The first kappa shape index (κ1) is 20.9. The summed E-state index contributed by atoms with van der Waals surface area (Å²) in [6.07, 6.45) is -5.17. The molecule has 1 aromatic rings. The Labute approximate surface area is 144 Å². The Morgan fingerprint density at radius 2 is 1.92 bits per heavy atom. The predicted octanol–water partition coefficient (Wildman–Crippen LogP) is -2.94. The molecule has 2 heterocycles. The zero-order valence-corrected chi connectivity index (χ0v) is 14.5. The summed E-state index contributed by atoms with van der Waals surface area (Å²) in [4.78, 5) is 41.9. The van der Waals surface area contributed by atoms with E-state index in [1.807, 2.05) is 0 Å². The van der Waals surface area contributed by atoms with Gasteiger partial charge in [-0.25, -0.2) is 13.9 Å². The molecule has 1 fully saturated rings. The minimum atomic E-state index is -5.34. The number of hydrogen-bond acceptors (Lipinski definition) is 10. The molecule has 0 radical (unpaired) electrons. The number of phosphoric acid groups is 1. The summed E-state index contributed by atoms with van der Waals surface area (Å²) >= 11 is 0. The lowest BCUT2D eigenvalue weighted by atomic mass is 10.1.